The fourth-order valence-electron chi connectivity index (χ4n) is 2.48. The van der Waals surface area contributed by atoms with E-state index in [1.54, 1.807) is 6.92 Å². The normalized spacial score (nSPS) is 12.9. The molecular formula is C20H15F8N5O4. The van der Waals surface area contributed by atoms with Crippen LogP contribution < -0.4 is 24.0 Å². The predicted molar refractivity (Wildman–Crippen MR) is 104 cm³/mol. The first-order chi connectivity index (χ1) is 17.1. The highest BCUT2D eigenvalue weighted by atomic mass is 19.4. The molecule has 0 fully saturated rings. The van der Waals surface area contributed by atoms with Crippen molar-refractivity contribution in [1.29, 1.82) is 0 Å². The summed E-state index contributed by atoms with van der Waals surface area (Å²) >= 11 is 0. The first kappa shape index (κ1) is 27.4. The van der Waals surface area contributed by atoms with Gasteiger partial charge in [-0.3, -0.25) is 0 Å². The molecule has 0 aliphatic carbocycles. The Kier molecular flexibility index (Phi) is 7.73. The quantitative estimate of drug-likeness (QED) is 0.178. The summed E-state index contributed by atoms with van der Waals surface area (Å²) in [5, 5.41) is 20.2. The molecule has 0 aliphatic rings. The average molecular weight is 541 g/mol. The molecule has 9 nitrogen and oxygen atoms in total. The molecule has 37 heavy (non-hydrogen) atoms. The minimum absolute atomic E-state index is 0.197. The fraction of sp³-hybridized carbons (Fsp3) is 0.300. The van der Waals surface area contributed by atoms with Crippen LogP contribution in [0.3, 0.4) is 0 Å². The number of rotatable bonds is 9. The second-order valence-corrected chi connectivity index (χ2v) is 7.01. The monoisotopic (exact) mass is 541 g/mol. The Bertz CT molecular complexity index is 1240. The lowest BCUT2D eigenvalue weighted by Crippen LogP contribution is -2.41. The Labute approximate surface area is 202 Å². The van der Waals surface area contributed by atoms with E-state index in [1.807, 2.05) is 0 Å². The summed E-state index contributed by atoms with van der Waals surface area (Å²) in [6.07, 6.45) is -13.6. The molecule has 1 aromatic carbocycles. The zero-order valence-corrected chi connectivity index (χ0v) is 18.4. The van der Waals surface area contributed by atoms with Gasteiger partial charge in [0.25, 0.3) is 6.33 Å². The van der Waals surface area contributed by atoms with Crippen molar-refractivity contribution in [3.8, 4) is 23.3 Å². The van der Waals surface area contributed by atoms with E-state index in [4.69, 9.17) is 4.74 Å². The number of aromatic nitrogens is 4. The lowest BCUT2D eigenvalue weighted by Gasteiger charge is -2.20. The number of hydrogen-bond acceptors (Lipinski definition) is 7. The van der Waals surface area contributed by atoms with Gasteiger partial charge in [-0.2, -0.15) is 40.1 Å². The van der Waals surface area contributed by atoms with E-state index in [9.17, 15) is 40.2 Å². The van der Waals surface area contributed by atoms with E-state index in [1.165, 1.54) is 17.3 Å². The predicted octanol–water partition coefficient (Wildman–Crippen LogP) is 3.42. The van der Waals surface area contributed by atoms with Crippen LogP contribution in [0, 0.1) is 0 Å². The number of halogens is 8. The summed E-state index contributed by atoms with van der Waals surface area (Å²) in [7, 11) is 0. The maximum atomic E-state index is 13.0. The van der Waals surface area contributed by atoms with Crippen LogP contribution in [0.25, 0.3) is 0 Å². The molecule has 17 heteroatoms. The Morgan fingerprint density at radius 2 is 1.62 bits per heavy atom. The van der Waals surface area contributed by atoms with Gasteiger partial charge < -0.3 is 19.3 Å². The van der Waals surface area contributed by atoms with Crippen LogP contribution in [0.2, 0.25) is 0 Å². The standard InChI is InChI=1S/C20H15F8N5O4/c1-2-32-11-33(10-29-32)31-17(34)12-7-15(35-9-18(21,22)23)30-16(8-12)36-13-3-5-14(6-4-13)37-20(27,28)19(24,25)26/h3-8,10-11H,2,9H2,1H3. The van der Waals surface area contributed by atoms with Crippen molar-refractivity contribution in [3.05, 3.63) is 54.6 Å². The molecule has 2 aromatic heterocycles. The minimum Gasteiger partial charge on any atom is -0.856 e. The second kappa shape index (κ2) is 10.4. The van der Waals surface area contributed by atoms with E-state index in [-0.39, 0.29) is 11.3 Å². The number of hydrogen-bond donors (Lipinski definition) is 0. The van der Waals surface area contributed by atoms with Gasteiger partial charge in [-0.15, -0.1) is 14.5 Å². The van der Waals surface area contributed by atoms with Crippen LogP contribution in [-0.2, 0) is 6.54 Å². The van der Waals surface area contributed by atoms with Crippen molar-refractivity contribution >= 4 is 5.90 Å². The van der Waals surface area contributed by atoms with Crippen molar-refractivity contribution in [3.63, 3.8) is 0 Å². The summed E-state index contributed by atoms with van der Waals surface area (Å²) in [4.78, 5) is 3.69. The molecule has 0 bridgehead atoms. The maximum absolute atomic E-state index is 13.0. The first-order valence-corrected chi connectivity index (χ1v) is 9.98. The Morgan fingerprint density at radius 1 is 1.00 bits per heavy atom. The first-order valence-electron chi connectivity index (χ1n) is 9.98. The SMILES string of the molecule is CCn1c[n+](N=C([O-])c2cc(OCC(F)(F)F)nc(Oc3ccc(OC(F)(F)C(F)(F)F)cc3)c2)cn1. The van der Waals surface area contributed by atoms with Gasteiger partial charge in [0.15, 0.2) is 6.61 Å². The van der Waals surface area contributed by atoms with Crippen LogP contribution in [-0.4, -0.2) is 45.7 Å². The second-order valence-electron chi connectivity index (χ2n) is 7.01. The number of pyridine rings is 1. The topological polar surface area (TPSA) is 97.7 Å². The van der Waals surface area contributed by atoms with Gasteiger partial charge >= 0.3 is 18.5 Å². The summed E-state index contributed by atoms with van der Waals surface area (Å²) in [5.41, 5.74) is -0.302. The third-order valence-electron chi connectivity index (χ3n) is 4.13. The molecule has 0 spiro atoms. The molecule has 0 radical (unpaired) electrons. The summed E-state index contributed by atoms with van der Waals surface area (Å²) in [6, 6.07) is 5.18. The van der Waals surface area contributed by atoms with Gasteiger partial charge in [0, 0.05) is 23.1 Å². The molecule has 0 atom stereocenters. The van der Waals surface area contributed by atoms with E-state index < -0.39 is 48.5 Å². The molecule has 2 heterocycles. The highest BCUT2D eigenvalue weighted by molar-refractivity contribution is 5.90. The van der Waals surface area contributed by atoms with Crippen LogP contribution in [0.1, 0.15) is 12.5 Å². The third kappa shape index (κ3) is 7.65. The summed E-state index contributed by atoms with van der Waals surface area (Å²) in [5.74, 6) is -3.13. The molecule has 0 saturated heterocycles. The molecule has 3 aromatic rings. The van der Waals surface area contributed by atoms with Crippen molar-refractivity contribution in [2.75, 3.05) is 6.61 Å². The van der Waals surface area contributed by atoms with Gasteiger partial charge in [0.05, 0.1) is 0 Å². The van der Waals surface area contributed by atoms with Gasteiger partial charge in [0.1, 0.15) is 18.0 Å². The van der Waals surface area contributed by atoms with Crippen LogP contribution in [0.4, 0.5) is 35.1 Å². The maximum Gasteiger partial charge on any atom is 0.499 e. The van der Waals surface area contributed by atoms with Crippen molar-refractivity contribution in [2.45, 2.75) is 31.9 Å². The zero-order chi connectivity index (χ0) is 27.4. The van der Waals surface area contributed by atoms with Crippen LogP contribution in [0.15, 0.2) is 54.2 Å². The van der Waals surface area contributed by atoms with Gasteiger partial charge in [0.2, 0.25) is 18.1 Å². The Hall–Kier alpha value is -4.18. The summed E-state index contributed by atoms with van der Waals surface area (Å²) in [6.45, 7) is 0.499. The third-order valence-corrected chi connectivity index (χ3v) is 4.13. The van der Waals surface area contributed by atoms with Gasteiger partial charge in [-0.05, 0) is 36.8 Å². The number of alkyl halides is 8. The molecule has 3 rings (SSSR count). The molecule has 0 aliphatic heterocycles. The molecule has 0 N–H and O–H groups in total. The molecule has 0 unspecified atom stereocenters. The van der Waals surface area contributed by atoms with Crippen molar-refractivity contribution in [1.82, 2.24) is 14.8 Å². The Balaban J connectivity index is 1.86. The van der Waals surface area contributed by atoms with Crippen LogP contribution >= 0.6 is 0 Å². The number of benzene rings is 1. The highest BCUT2D eigenvalue weighted by Crippen LogP contribution is 2.37. The largest absolute Gasteiger partial charge is 0.856 e. The fourth-order valence-corrected chi connectivity index (χ4v) is 2.48. The van der Waals surface area contributed by atoms with Crippen LogP contribution in [0.5, 0.6) is 23.3 Å². The van der Waals surface area contributed by atoms with E-state index in [0.717, 1.165) is 41.1 Å². The van der Waals surface area contributed by atoms with Gasteiger partial charge in [-0.1, -0.05) is 0 Å². The van der Waals surface area contributed by atoms with E-state index in [2.05, 4.69) is 24.7 Å². The Morgan fingerprint density at radius 3 is 2.19 bits per heavy atom. The van der Waals surface area contributed by atoms with Crippen molar-refractivity contribution in [2.24, 2.45) is 5.10 Å². The number of ether oxygens (including phenoxy) is 3. The molecular weight excluding hydrogens is 526 g/mol. The number of nitrogens with zero attached hydrogens (tertiary/aromatic N) is 5. The lowest BCUT2D eigenvalue weighted by atomic mass is 10.2. The van der Waals surface area contributed by atoms with E-state index in [0.29, 0.717) is 6.54 Å². The minimum atomic E-state index is -5.95. The molecule has 0 amide bonds. The molecule has 0 saturated carbocycles. The smallest absolute Gasteiger partial charge is 0.499 e. The zero-order valence-electron chi connectivity index (χ0n) is 18.4. The van der Waals surface area contributed by atoms with Crippen molar-refractivity contribution < 1.29 is 59.1 Å². The molecule has 200 valence electrons. The lowest BCUT2D eigenvalue weighted by molar-refractivity contribution is -0.682. The highest BCUT2D eigenvalue weighted by Gasteiger charge is 2.61. The average Bonchev–Trinajstić information content (AvgIpc) is 3.25. The van der Waals surface area contributed by atoms with E-state index >= 15 is 0 Å². The van der Waals surface area contributed by atoms with Gasteiger partial charge in [-0.25, -0.2) is 0 Å². The number of aryl methyl sites for hydroxylation is 1. The summed E-state index contributed by atoms with van der Waals surface area (Å²) < 4.78 is 117.